The lowest BCUT2D eigenvalue weighted by molar-refractivity contribution is -0.0898. The van der Waals surface area contributed by atoms with E-state index in [1.807, 2.05) is 0 Å². The van der Waals surface area contributed by atoms with Crippen LogP contribution in [-0.2, 0) is 0 Å². The van der Waals surface area contributed by atoms with Crippen molar-refractivity contribution in [3.63, 3.8) is 0 Å². The number of aliphatic hydroxyl groups is 1. The average molecular weight is 250 g/mol. The van der Waals surface area contributed by atoms with E-state index in [9.17, 15) is 5.11 Å². The van der Waals surface area contributed by atoms with Crippen molar-refractivity contribution in [3.8, 4) is 0 Å². The summed E-state index contributed by atoms with van der Waals surface area (Å²) in [5.41, 5.74) is -0.297. The highest BCUT2D eigenvalue weighted by Crippen LogP contribution is 2.51. The van der Waals surface area contributed by atoms with Gasteiger partial charge in [0.25, 0.3) is 0 Å². The molecule has 0 aromatic heterocycles. The second-order valence-corrected chi connectivity index (χ2v) is 7.91. The summed E-state index contributed by atoms with van der Waals surface area (Å²) in [6.07, 6.45) is 11.7. The van der Waals surface area contributed by atoms with E-state index in [0.717, 1.165) is 36.5 Å². The molecule has 0 spiro atoms. The standard InChI is InChI=1S/C17H30O/c1-12-8-13(2)10-16(9-12)17(18)7-3-4-15(11-17)14-5-6-14/h12-16,18H,3-11H2,1-2H3. The van der Waals surface area contributed by atoms with E-state index >= 15 is 0 Å². The summed E-state index contributed by atoms with van der Waals surface area (Å²) in [4.78, 5) is 0. The molecule has 0 heterocycles. The highest BCUT2D eigenvalue weighted by Gasteiger charge is 2.46. The van der Waals surface area contributed by atoms with E-state index in [1.165, 1.54) is 44.9 Å². The summed E-state index contributed by atoms with van der Waals surface area (Å²) in [7, 11) is 0. The molecule has 3 rings (SSSR count). The van der Waals surface area contributed by atoms with Crippen LogP contribution in [0.4, 0.5) is 0 Å². The van der Waals surface area contributed by atoms with E-state index in [2.05, 4.69) is 13.8 Å². The van der Waals surface area contributed by atoms with Gasteiger partial charge in [0, 0.05) is 0 Å². The van der Waals surface area contributed by atoms with Crippen molar-refractivity contribution in [1.29, 1.82) is 0 Å². The van der Waals surface area contributed by atoms with Crippen LogP contribution in [0.3, 0.4) is 0 Å². The normalized spacial score (nSPS) is 50.2. The third kappa shape index (κ3) is 2.61. The Morgan fingerprint density at radius 3 is 2.17 bits per heavy atom. The molecule has 3 saturated carbocycles. The van der Waals surface area contributed by atoms with Gasteiger partial charge in [0.1, 0.15) is 0 Å². The van der Waals surface area contributed by atoms with Crippen molar-refractivity contribution < 1.29 is 5.11 Å². The first-order valence-corrected chi connectivity index (χ1v) is 8.29. The summed E-state index contributed by atoms with van der Waals surface area (Å²) in [5.74, 6) is 4.08. The zero-order chi connectivity index (χ0) is 12.8. The Morgan fingerprint density at radius 1 is 0.889 bits per heavy atom. The van der Waals surface area contributed by atoms with Crippen LogP contribution in [0.15, 0.2) is 0 Å². The van der Waals surface area contributed by atoms with Crippen LogP contribution in [0.2, 0.25) is 0 Å². The van der Waals surface area contributed by atoms with Crippen LogP contribution in [0.1, 0.15) is 71.6 Å². The van der Waals surface area contributed by atoms with Gasteiger partial charge < -0.3 is 5.11 Å². The number of hydrogen-bond donors (Lipinski definition) is 1. The Labute approximate surface area is 112 Å². The largest absolute Gasteiger partial charge is 0.390 e. The molecule has 3 fully saturated rings. The van der Waals surface area contributed by atoms with Gasteiger partial charge in [-0.2, -0.15) is 0 Å². The minimum atomic E-state index is -0.297. The van der Waals surface area contributed by atoms with Crippen molar-refractivity contribution in [1.82, 2.24) is 0 Å². The van der Waals surface area contributed by atoms with Gasteiger partial charge in [-0.25, -0.2) is 0 Å². The van der Waals surface area contributed by atoms with Crippen LogP contribution >= 0.6 is 0 Å². The van der Waals surface area contributed by atoms with Crippen LogP contribution in [0.25, 0.3) is 0 Å². The minimum absolute atomic E-state index is 0.297. The third-order valence-electron chi connectivity index (χ3n) is 6.03. The van der Waals surface area contributed by atoms with Gasteiger partial charge >= 0.3 is 0 Å². The molecule has 4 atom stereocenters. The molecule has 0 aromatic carbocycles. The Balaban J connectivity index is 1.68. The quantitative estimate of drug-likeness (QED) is 0.770. The number of hydrogen-bond acceptors (Lipinski definition) is 1. The van der Waals surface area contributed by atoms with Crippen LogP contribution in [0, 0.1) is 29.6 Å². The Kier molecular flexibility index (Phi) is 3.47. The van der Waals surface area contributed by atoms with E-state index in [1.54, 1.807) is 0 Å². The first-order chi connectivity index (χ1) is 8.57. The van der Waals surface area contributed by atoms with E-state index < -0.39 is 0 Å². The van der Waals surface area contributed by atoms with Gasteiger partial charge in [-0.3, -0.25) is 0 Å². The van der Waals surface area contributed by atoms with Crippen molar-refractivity contribution >= 4 is 0 Å². The third-order valence-corrected chi connectivity index (χ3v) is 6.03. The van der Waals surface area contributed by atoms with Crippen molar-refractivity contribution in [2.24, 2.45) is 29.6 Å². The van der Waals surface area contributed by atoms with Crippen molar-refractivity contribution in [2.75, 3.05) is 0 Å². The molecular weight excluding hydrogens is 220 g/mol. The summed E-state index contributed by atoms with van der Waals surface area (Å²) >= 11 is 0. The molecule has 0 amide bonds. The average Bonchev–Trinajstić information content (AvgIpc) is 3.11. The Hall–Kier alpha value is -0.0400. The Morgan fingerprint density at radius 2 is 1.56 bits per heavy atom. The topological polar surface area (TPSA) is 20.2 Å². The molecule has 0 aromatic rings. The van der Waals surface area contributed by atoms with Crippen LogP contribution in [0.5, 0.6) is 0 Å². The molecule has 104 valence electrons. The molecule has 1 heteroatoms. The van der Waals surface area contributed by atoms with Gasteiger partial charge in [0.15, 0.2) is 0 Å². The fraction of sp³-hybridized carbons (Fsp3) is 1.00. The zero-order valence-electron chi connectivity index (χ0n) is 12.2. The molecule has 18 heavy (non-hydrogen) atoms. The van der Waals surface area contributed by atoms with Gasteiger partial charge in [0.05, 0.1) is 5.60 Å². The molecule has 1 N–H and O–H groups in total. The minimum Gasteiger partial charge on any atom is -0.390 e. The van der Waals surface area contributed by atoms with E-state index in [-0.39, 0.29) is 5.60 Å². The van der Waals surface area contributed by atoms with Crippen LogP contribution < -0.4 is 0 Å². The van der Waals surface area contributed by atoms with Gasteiger partial charge in [-0.15, -0.1) is 0 Å². The molecule has 0 saturated heterocycles. The molecule has 1 nitrogen and oxygen atoms in total. The molecule has 0 bridgehead atoms. The lowest BCUT2D eigenvalue weighted by Gasteiger charge is -2.46. The molecule has 4 unspecified atom stereocenters. The van der Waals surface area contributed by atoms with Crippen molar-refractivity contribution in [2.45, 2.75) is 77.2 Å². The SMILES string of the molecule is CC1CC(C)CC(C2(O)CCCC(C3CC3)C2)C1. The van der Waals surface area contributed by atoms with Gasteiger partial charge in [-0.05, 0) is 81.0 Å². The predicted octanol–water partition coefficient (Wildman–Crippen LogP) is 4.39. The molecular formula is C17H30O. The summed E-state index contributed by atoms with van der Waals surface area (Å²) in [5, 5.41) is 11.2. The van der Waals surface area contributed by atoms with Crippen molar-refractivity contribution in [3.05, 3.63) is 0 Å². The summed E-state index contributed by atoms with van der Waals surface area (Å²) < 4.78 is 0. The second-order valence-electron chi connectivity index (χ2n) is 7.91. The Bertz CT molecular complexity index is 286. The second kappa shape index (κ2) is 4.81. The van der Waals surface area contributed by atoms with Gasteiger partial charge in [0.2, 0.25) is 0 Å². The molecule has 0 radical (unpaired) electrons. The maximum Gasteiger partial charge on any atom is 0.0678 e. The molecule has 3 aliphatic carbocycles. The maximum absolute atomic E-state index is 11.2. The first kappa shape index (κ1) is 13.0. The summed E-state index contributed by atoms with van der Waals surface area (Å²) in [6.45, 7) is 4.76. The maximum atomic E-state index is 11.2. The lowest BCUT2D eigenvalue weighted by Crippen LogP contribution is -2.45. The highest BCUT2D eigenvalue weighted by atomic mass is 16.3. The fourth-order valence-electron chi connectivity index (χ4n) is 5.06. The zero-order valence-corrected chi connectivity index (χ0v) is 12.2. The lowest BCUT2D eigenvalue weighted by atomic mass is 9.63. The predicted molar refractivity (Wildman–Crippen MR) is 75.3 cm³/mol. The highest BCUT2D eigenvalue weighted by molar-refractivity contribution is 4.98. The summed E-state index contributed by atoms with van der Waals surface area (Å²) in [6, 6.07) is 0. The van der Waals surface area contributed by atoms with E-state index in [4.69, 9.17) is 0 Å². The smallest absolute Gasteiger partial charge is 0.0678 e. The van der Waals surface area contributed by atoms with Crippen LogP contribution in [-0.4, -0.2) is 10.7 Å². The monoisotopic (exact) mass is 250 g/mol. The fourth-order valence-corrected chi connectivity index (χ4v) is 5.06. The first-order valence-electron chi connectivity index (χ1n) is 8.29. The number of rotatable bonds is 2. The van der Waals surface area contributed by atoms with Gasteiger partial charge in [-0.1, -0.05) is 20.3 Å². The van der Waals surface area contributed by atoms with E-state index in [0.29, 0.717) is 5.92 Å². The molecule has 0 aliphatic heterocycles. The molecule has 3 aliphatic rings.